The Morgan fingerprint density at radius 1 is 1.75 bits per heavy atom. The first kappa shape index (κ1) is 7.88. The van der Waals surface area contributed by atoms with Gasteiger partial charge in [-0.2, -0.15) is 0 Å². The van der Waals surface area contributed by atoms with Crippen molar-refractivity contribution in [3.05, 3.63) is 0 Å². The molecule has 0 amide bonds. The largest absolute Gasteiger partial charge is 0.362 e. The van der Waals surface area contributed by atoms with Crippen molar-refractivity contribution >= 4 is 0 Å². The van der Waals surface area contributed by atoms with Gasteiger partial charge in [0.25, 0.3) is 0 Å². The summed E-state index contributed by atoms with van der Waals surface area (Å²) < 4.78 is 5.10. The van der Waals surface area contributed by atoms with E-state index in [0.29, 0.717) is 13.2 Å². The first-order chi connectivity index (χ1) is 3.85. The van der Waals surface area contributed by atoms with Crippen LogP contribution in [0.15, 0.2) is 0 Å². The molecule has 0 fully saturated rings. The zero-order valence-corrected chi connectivity index (χ0v) is 5.48. The normalized spacial score (nSPS) is 13.9. The van der Waals surface area contributed by atoms with Crippen molar-refractivity contribution in [3.8, 4) is 0 Å². The Morgan fingerprint density at radius 3 is 2.50 bits per heavy atom. The van der Waals surface area contributed by atoms with Crippen LogP contribution >= 0.6 is 0 Å². The lowest BCUT2D eigenvalue weighted by Crippen LogP contribution is -2.35. The van der Waals surface area contributed by atoms with Gasteiger partial charge in [0.2, 0.25) is 0 Å². The summed E-state index contributed by atoms with van der Waals surface area (Å²) in [7, 11) is 1.83. The van der Waals surface area contributed by atoms with Gasteiger partial charge in [-0.15, -0.1) is 0 Å². The van der Waals surface area contributed by atoms with Crippen LogP contribution in [0, 0.1) is 0 Å². The van der Waals surface area contributed by atoms with Gasteiger partial charge in [-0.05, 0) is 14.0 Å². The topological polar surface area (TPSA) is 47.3 Å². The first-order valence-electron chi connectivity index (χ1n) is 2.84. The van der Waals surface area contributed by atoms with Crippen molar-refractivity contribution in [2.45, 2.75) is 13.2 Å². The Hall–Kier alpha value is -0.120. The van der Waals surface area contributed by atoms with Crippen LogP contribution in [0.2, 0.25) is 0 Å². The minimum absolute atomic E-state index is 0.0278. The van der Waals surface area contributed by atoms with E-state index in [-0.39, 0.29) is 6.23 Å². The van der Waals surface area contributed by atoms with Crippen LogP contribution in [0.3, 0.4) is 0 Å². The molecule has 0 rings (SSSR count). The molecule has 0 aliphatic carbocycles. The number of hydrogen-bond donors (Lipinski definition) is 2. The second-order valence-electron chi connectivity index (χ2n) is 1.47. The van der Waals surface area contributed by atoms with E-state index in [1.807, 2.05) is 14.0 Å². The van der Waals surface area contributed by atoms with Gasteiger partial charge in [0, 0.05) is 13.2 Å². The maximum absolute atomic E-state index is 5.28. The molecule has 0 aromatic heterocycles. The lowest BCUT2D eigenvalue weighted by atomic mass is 10.6. The quantitative estimate of drug-likeness (QED) is 0.490. The van der Waals surface area contributed by atoms with Crippen LogP contribution < -0.4 is 11.1 Å². The fraction of sp³-hybridized carbons (Fsp3) is 1.00. The molecule has 0 aromatic carbocycles. The Morgan fingerprint density at radius 2 is 2.38 bits per heavy atom. The molecule has 3 nitrogen and oxygen atoms in total. The second kappa shape index (κ2) is 5.03. The smallest absolute Gasteiger partial charge is 0.120 e. The summed E-state index contributed by atoms with van der Waals surface area (Å²) in [6.45, 7) is 3.19. The van der Waals surface area contributed by atoms with Crippen molar-refractivity contribution in [1.29, 1.82) is 0 Å². The number of rotatable bonds is 4. The summed E-state index contributed by atoms with van der Waals surface area (Å²) in [6, 6.07) is 0. The predicted octanol–water partition coefficient (Wildman–Crippen LogP) is -0.473. The molecule has 0 saturated heterocycles. The highest BCUT2D eigenvalue weighted by molar-refractivity contribution is 4.48. The van der Waals surface area contributed by atoms with Crippen molar-refractivity contribution in [2.24, 2.45) is 5.73 Å². The fourth-order valence-electron chi connectivity index (χ4n) is 0.470. The lowest BCUT2D eigenvalue weighted by molar-refractivity contribution is 0.0504. The third-order valence-electron chi connectivity index (χ3n) is 0.904. The molecule has 0 bridgehead atoms. The van der Waals surface area contributed by atoms with E-state index in [2.05, 4.69) is 5.32 Å². The van der Waals surface area contributed by atoms with Crippen molar-refractivity contribution in [2.75, 3.05) is 20.2 Å². The van der Waals surface area contributed by atoms with Crippen LogP contribution in [-0.2, 0) is 4.74 Å². The fourth-order valence-corrected chi connectivity index (χ4v) is 0.470. The molecule has 3 N–H and O–H groups in total. The average molecular weight is 118 g/mol. The van der Waals surface area contributed by atoms with Gasteiger partial charge in [0.05, 0.1) is 0 Å². The summed E-state index contributed by atoms with van der Waals surface area (Å²) in [5.74, 6) is 0. The van der Waals surface area contributed by atoms with E-state index >= 15 is 0 Å². The highest BCUT2D eigenvalue weighted by Gasteiger charge is 1.97. The molecule has 8 heavy (non-hydrogen) atoms. The van der Waals surface area contributed by atoms with Gasteiger partial charge in [0.1, 0.15) is 6.23 Å². The third kappa shape index (κ3) is 2.96. The minimum Gasteiger partial charge on any atom is -0.362 e. The summed E-state index contributed by atoms with van der Waals surface area (Å²) in [5, 5.41) is 2.91. The molecule has 0 aliphatic heterocycles. The highest BCUT2D eigenvalue weighted by atomic mass is 16.5. The maximum atomic E-state index is 5.28. The molecule has 0 saturated carbocycles. The molecule has 50 valence electrons. The molecule has 0 aliphatic rings. The van der Waals surface area contributed by atoms with Crippen molar-refractivity contribution in [1.82, 2.24) is 5.32 Å². The van der Waals surface area contributed by atoms with Crippen LogP contribution in [-0.4, -0.2) is 26.4 Å². The van der Waals surface area contributed by atoms with Gasteiger partial charge < -0.3 is 10.5 Å². The van der Waals surface area contributed by atoms with Gasteiger partial charge in [-0.3, -0.25) is 5.32 Å². The summed E-state index contributed by atoms with van der Waals surface area (Å²) >= 11 is 0. The molecule has 3 heteroatoms. The van der Waals surface area contributed by atoms with Crippen LogP contribution in [0.25, 0.3) is 0 Å². The Kier molecular flexibility index (Phi) is 4.95. The number of ether oxygens (including phenoxy) is 1. The van der Waals surface area contributed by atoms with E-state index in [9.17, 15) is 0 Å². The third-order valence-corrected chi connectivity index (χ3v) is 0.904. The summed E-state index contributed by atoms with van der Waals surface area (Å²) in [6.07, 6.45) is 0.0278. The molecule has 0 heterocycles. The number of nitrogens with two attached hydrogens (primary N) is 1. The van der Waals surface area contributed by atoms with Gasteiger partial charge in [0.15, 0.2) is 0 Å². The van der Waals surface area contributed by atoms with Gasteiger partial charge >= 0.3 is 0 Å². The van der Waals surface area contributed by atoms with Gasteiger partial charge in [-0.1, -0.05) is 0 Å². The summed E-state index contributed by atoms with van der Waals surface area (Å²) in [4.78, 5) is 0. The monoisotopic (exact) mass is 118 g/mol. The molecular formula is C5H14N2O. The zero-order chi connectivity index (χ0) is 6.41. The Bertz CT molecular complexity index is 45.7. The predicted molar refractivity (Wildman–Crippen MR) is 33.5 cm³/mol. The van der Waals surface area contributed by atoms with Crippen LogP contribution in [0.5, 0.6) is 0 Å². The molecular weight excluding hydrogens is 104 g/mol. The maximum Gasteiger partial charge on any atom is 0.120 e. The molecule has 1 unspecified atom stereocenters. The summed E-state index contributed by atoms with van der Waals surface area (Å²) in [5.41, 5.74) is 5.28. The lowest BCUT2D eigenvalue weighted by Gasteiger charge is -2.11. The van der Waals surface area contributed by atoms with E-state index in [4.69, 9.17) is 10.5 Å². The van der Waals surface area contributed by atoms with Gasteiger partial charge in [-0.25, -0.2) is 0 Å². The first-order valence-corrected chi connectivity index (χ1v) is 2.84. The molecule has 1 atom stereocenters. The minimum atomic E-state index is 0.0278. The van der Waals surface area contributed by atoms with E-state index < -0.39 is 0 Å². The van der Waals surface area contributed by atoms with Crippen molar-refractivity contribution < 1.29 is 4.74 Å². The number of likely N-dealkylation sites (N-methyl/N-ethyl adjacent to an activating group) is 1. The van der Waals surface area contributed by atoms with E-state index in [1.165, 1.54) is 0 Å². The zero-order valence-electron chi connectivity index (χ0n) is 5.48. The standard InChI is InChI=1S/C5H14N2O/c1-3-8-5(4-6)7-2/h5,7H,3-4,6H2,1-2H3. The van der Waals surface area contributed by atoms with Crippen LogP contribution in [0.1, 0.15) is 6.92 Å². The molecule has 0 aromatic rings. The second-order valence-corrected chi connectivity index (χ2v) is 1.47. The van der Waals surface area contributed by atoms with Crippen LogP contribution in [0.4, 0.5) is 0 Å². The Balaban J connectivity index is 3.07. The number of hydrogen-bond acceptors (Lipinski definition) is 3. The van der Waals surface area contributed by atoms with Crippen molar-refractivity contribution in [3.63, 3.8) is 0 Å². The van der Waals surface area contributed by atoms with E-state index in [0.717, 1.165) is 0 Å². The molecule has 0 spiro atoms. The average Bonchev–Trinajstić information content (AvgIpc) is 1.83. The Labute approximate surface area is 50.2 Å². The number of nitrogens with one attached hydrogen (secondary N) is 1. The highest BCUT2D eigenvalue weighted by Crippen LogP contribution is 1.79. The molecule has 0 radical (unpaired) electrons. The van der Waals surface area contributed by atoms with E-state index in [1.54, 1.807) is 0 Å². The SMILES string of the molecule is CCOC(CN)NC.